The van der Waals surface area contributed by atoms with Crippen LogP contribution in [0.3, 0.4) is 0 Å². The number of benzene rings is 2. The van der Waals surface area contributed by atoms with Crippen LogP contribution in [0.2, 0.25) is 0 Å². The van der Waals surface area contributed by atoms with E-state index in [1.807, 2.05) is 32.0 Å². The maximum atomic E-state index is 9.16. The summed E-state index contributed by atoms with van der Waals surface area (Å²) in [5.74, 6) is 1.34. The van der Waals surface area contributed by atoms with Crippen LogP contribution >= 0.6 is 0 Å². The number of oxime groups is 1. The van der Waals surface area contributed by atoms with E-state index in [0.717, 1.165) is 23.1 Å². The molecule has 0 fully saturated rings. The monoisotopic (exact) mass is 374 g/mol. The standard InChI is InChI=1S/C21H18N4O3/c1-12(2)27-19-10-7-13(11-18(19)22-3)21-23-20(25-28-21)16-6-4-5-15-14(16)8-9-17(15)24-26/h4-7,10-12,26H,8-9H2,1-2H3/b24-17-. The average Bonchev–Trinajstić information content (AvgIpc) is 3.34. The highest BCUT2D eigenvalue weighted by molar-refractivity contribution is 6.05. The molecule has 0 amide bonds. The first-order valence-electron chi connectivity index (χ1n) is 8.96. The quantitative estimate of drug-likeness (QED) is 0.400. The van der Waals surface area contributed by atoms with E-state index >= 15 is 0 Å². The molecule has 0 saturated carbocycles. The zero-order valence-electron chi connectivity index (χ0n) is 15.5. The fraction of sp³-hybridized carbons (Fsp3) is 0.238. The smallest absolute Gasteiger partial charge is 0.256 e. The molecule has 3 aromatic rings. The summed E-state index contributed by atoms with van der Waals surface area (Å²) in [4.78, 5) is 8.06. The SMILES string of the molecule is [C-]#[N+]c1cc(-c2nc(-c3cccc4c3CC/C4=N/O)no2)ccc1OC(C)C. The van der Waals surface area contributed by atoms with Crippen LogP contribution in [0, 0.1) is 6.57 Å². The molecule has 1 aromatic heterocycles. The van der Waals surface area contributed by atoms with Gasteiger partial charge in [0.1, 0.15) is 5.75 Å². The largest absolute Gasteiger partial charge is 0.502 e. The summed E-state index contributed by atoms with van der Waals surface area (Å²) in [6.45, 7) is 11.2. The van der Waals surface area contributed by atoms with Crippen LogP contribution in [0.4, 0.5) is 5.69 Å². The Morgan fingerprint density at radius 2 is 2.04 bits per heavy atom. The van der Waals surface area contributed by atoms with E-state index in [-0.39, 0.29) is 6.10 Å². The molecule has 4 rings (SSSR count). The third kappa shape index (κ3) is 3.09. The number of ether oxygens (including phenoxy) is 1. The van der Waals surface area contributed by atoms with Gasteiger partial charge in [-0.1, -0.05) is 28.5 Å². The van der Waals surface area contributed by atoms with E-state index in [0.29, 0.717) is 40.8 Å². The van der Waals surface area contributed by atoms with Gasteiger partial charge in [-0.25, -0.2) is 4.85 Å². The van der Waals surface area contributed by atoms with Crippen molar-refractivity contribution in [2.24, 2.45) is 5.16 Å². The predicted molar refractivity (Wildman–Crippen MR) is 104 cm³/mol. The average molecular weight is 374 g/mol. The van der Waals surface area contributed by atoms with Crippen molar-refractivity contribution in [1.82, 2.24) is 10.1 Å². The number of hydrogen-bond donors (Lipinski definition) is 1. The Hall–Kier alpha value is -3.66. The summed E-state index contributed by atoms with van der Waals surface area (Å²) < 4.78 is 11.1. The minimum absolute atomic E-state index is 0.0196. The van der Waals surface area contributed by atoms with Crippen molar-refractivity contribution in [1.29, 1.82) is 0 Å². The molecule has 0 bridgehead atoms. The van der Waals surface area contributed by atoms with Gasteiger partial charge in [0, 0.05) is 16.7 Å². The van der Waals surface area contributed by atoms with Crippen molar-refractivity contribution in [3.63, 3.8) is 0 Å². The highest BCUT2D eigenvalue weighted by Gasteiger charge is 2.24. The van der Waals surface area contributed by atoms with Crippen LogP contribution in [0.5, 0.6) is 5.75 Å². The Bertz CT molecular complexity index is 1110. The molecule has 1 aliphatic carbocycles. The van der Waals surface area contributed by atoms with Gasteiger partial charge in [-0.2, -0.15) is 4.98 Å². The van der Waals surface area contributed by atoms with E-state index in [2.05, 4.69) is 20.1 Å². The van der Waals surface area contributed by atoms with Gasteiger partial charge < -0.3 is 14.5 Å². The summed E-state index contributed by atoms with van der Waals surface area (Å²) >= 11 is 0. The molecule has 0 spiro atoms. The molecular formula is C21H18N4O3. The van der Waals surface area contributed by atoms with Crippen LogP contribution in [-0.4, -0.2) is 27.2 Å². The van der Waals surface area contributed by atoms with Crippen molar-refractivity contribution in [3.8, 4) is 28.6 Å². The van der Waals surface area contributed by atoms with Crippen molar-refractivity contribution in [2.45, 2.75) is 32.8 Å². The van der Waals surface area contributed by atoms with Gasteiger partial charge in [-0.05, 0) is 50.5 Å². The van der Waals surface area contributed by atoms with Gasteiger partial charge in [0.25, 0.3) is 5.89 Å². The number of fused-ring (bicyclic) bond motifs is 1. The lowest BCUT2D eigenvalue weighted by Gasteiger charge is -2.11. The Labute approximate surface area is 162 Å². The van der Waals surface area contributed by atoms with Gasteiger partial charge in [-0.15, -0.1) is 0 Å². The fourth-order valence-corrected chi connectivity index (χ4v) is 3.36. The first-order valence-corrected chi connectivity index (χ1v) is 8.96. The zero-order chi connectivity index (χ0) is 19.7. The Balaban J connectivity index is 1.70. The minimum Gasteiger partial charge on any atom is -0.502 e. The van der Waals surface area contributed by atoms with Crippen LogP contribution in [0.15, 0.2) is 46.1 Å². The van der Waals surface area contributed by atoms with Gasteiger partial charge in [0.2, 0.25) is 11.5 Å². The third-order valence-corrected chi connectivity index (χ3v) is 4.58. The van der Waals surface area contributed by atoms with Crippen LogP contribution in [0.1, 0.15) is 31.4 Å². The lowest BCUT2D eigenvalue weighted by atomic mass is 10.0. The second kappa shape index (κ2) is 7.16. The molecule has 0 atom stereocenters. The molecule has 7 nitrogen and oxygen atoms in total. The summed E-state index contributed by atoms with van der Waals surface area (Å²) in [6, 6.07) is 11.0. The van der Waals surface area contributed by atoms with E-state index in [1.165, 1.54) is 0 Å². The second-order valence-electron chi connectivity index (χ2n) is 6.76. The molecule has 0 radical (unpaired) electrons. The predicted octanol–water partition coefficient (Wildman–Crippen LogP) is 4.87. The van der Waals surface area contributed by atoms with Crippen LogP contribution in [0.25, 0.3) is 27.7 Å². The molecular weight excluding hydrogens is 356 g/mol. The number of hydrogen-bond acceptors (Lipinski definition) is 6. The second-order valence-corrected chi connectivity index (χ2v) is 6.76. The molecule has 0 unspecified atom stereocenters. The first-order chi connectivity index (χ1) is 13.6. The van der Waals surface area contributed by atoms with Crippen molar-refractivity contribution >= 4 is 11.4 Å². The number of aromatic nitrogens is 2. The van der Waals surface area contributed by atoms with Crippen molar-refractivity contribution in [2.75, 3.05) is 0 Å². The lowest BCUT2D eigenvalue weighted by molar-refractivity contribution is 0.244. The lowest BCUT2D eigenvalue weighted by Crippen LogP contribution is -2.05. The van der Waals surface area contributed by atoms with E-state index < -0.39 is 0 Å². The maximum absolute atomic E-state index is 9.16. The normalized spacial score (nSPS) is 14.3. The van der Waals surface area contributed by atoms with Crippen molar-refractivity contribution in [3.05, 3.63) is 58.9 Å². The van der Waals surface area contributed by atoms with Gasteiger partial charge in [0.05, 0.1) is 18.4 Å². The molecule has 140 valence electrons. The van der Waals surface area contributed by atoms with E-state index in [1.54, 1.807) is 18.2 Å². The van der Waals surface area contributed by atoms with Gasteiger partial charge in [0.15, 0.2) is 0 Å². The molecule has 2 aromatic carbocycles. The van der Waals surface area contributed by atoms with E-state index in [9.17, 15) is 0 Å². The number of rotatable bonds is 4. The van der Waals surface area contributed by atoms with Gasteiger partial charge in [-0.3, -0.25) is 0 Å². The van der Waals surface area contributed by atoms with Gasteiger partial charge >= 0.3 is 0 Å². The first kappa shape index (κ1) is 17.7. The van der Waals surface area contributed by atoms with Crippen LogP contribution in [-0.2, 0) is 6.42 Å². The summed E-state index contributed by atoms with van der Waals surface area (Å²) in [6.07, 6.45) is 1.42. The molecule has 1 heterocycles. The Morgan fingerprint density at radius 1 is 1.21 bits per heavy atom. The molecule has 28 heavy (non-hydrogen) atoms. The summed E-state index contributed by atoms with van der Waals surface area (Å²) in [5, 5.41) is 16.7. The zero-order valence-corrected chi connectivity index (χ0v) is 15.5. The molecule has 1 aliphatic rings. The van der Waals surface area contributed by atoms with E-state index in [4.69, 9.17) is 21.0 Å². The molecule has 0 saturated heterocycles. The highest BCUT2D eigenvalue weighted by atomic mass is 16.5. The molecule has 0 aliphatic heterocycles. The van der Waals surface area contributed by atoms with Crippen LogP contribution < -0.4 is 4.74 Å². The maximum Gasteiger partial charge on any atom is 0.256 e. The summed E-state index contributed by atoms with van der Waals surface area (Å²) in [5.41, 5.74) is 4.54. The topological polar surface area (TPSA) is 85.1 Å². The summed E-state index contributed by atoms with van der Waals surface area (Å²) in [7, 11) is 0. The molecule has 7 heteroatoms. The highest BCUT2D eigenvalue weighted by Crippen LogP contribution is 2.35. The minimum atomic E-state index is -0.0196. The Morgan fingerprint density at radius 3 is 2.79 bits per heavy atom. The molecule has 1 N–H and O–H groups in total. The fourth-order valence-electron chi connectivity index (χ4n) is 3.36. The van der Waals surface area contributed by atoms with Crippen molar-refractivity contribution < 1.29 is 14.5 Å². The number of nitrogens with zero attached hydrogens (tertiary/aromatic N) is 4. The third-order valence-electron chi connectivity index (χ3n) is 4.58. The Kier molecular flexibility index (Phi) is 4.53.